The second kappa shape index (κ2) is 8.91. The Morgan fingerprint density at radius 2 is 1.94 bits per heavy atom. The van der Waals surface area contributed by atoms with Crippen LogP contribution in [0.2, 0.25) is 0 Å². The van der Waals surface area contributed by atoms with E-state index in [0.29, 0.717) is 5.75 Å². The monoisotopic (exact) mass is 508 g/mol. The van der Waals surface area contributed by atoms with Crippen LogP contribution >= 0.6 is 11.8 Å². The van der Waals surface area contributed by atoms with Crippen LogP contribution in [0.25, 0.3) is 0 Å². The molecule has 0 bridgehead atoms. The molecule has 2 aliphatic rings. The van der Waals surface area contributed by atoms with E-state index in [9.17, 15) is 41.1 Å². The maximum absolute atomic E-state index is 13.3. The molecular weight excluding hydrogens is 485 g/mol. The van der Waals surface area contributed by atoms with Gasteiger partial charge in [-0.3, -0.25) is 24.6 Å². The van der Waals surface area contributed by atoms with Crippen molar-refractivity contribution in [3.63, 3.8) is 0 Å². The van der Waals surface area contributed by atoms with Crippen LogP contribution in [-0.4, -0.2) is 72.3 Å². The van der Waals surface area contributed by atoms with Crippen LogP contribution in [0.1, 0.15) is 23.6 Å². The minimum Gasteiger partial charge on any atom is -0.480 e. The summed E-state index contributed by atoms with van der Waals surface area (Å²) in [5.41, 5.74) is -2.83. The Morgan fingerprint density at radius 3 is 2.48 bits per heavy atom. The number of alkyl halides is 3. The molecule has 2 saturated heterocycles. The van der Waals surface area contributed by atoms with Crippen molar-refractivity contribution in [2.24, 2.45) is 11.8 Å². The highest BCUT2D eigenvalue weighted by molar-refractivity contribution is 7.98. The highest BCUT2D eigenvalue weighted by Crippen LogP contribution is 2.50. The van der Waals surface area contributed by atoms with Crippen molar-refractivity contribution in [2.45, 2.75) is 24.2 Å². The third-order valence-electron chi connectivity index (χ3n) is 6.09. The Balaban J connectivity index is 2.10. The smallest absolute Gasteiger partial charge is 0.416 e. The van der Waals surface area contributed by atoms with Crippen LogP contribution in [-0.2, 0) is 30.4 Å². The van der Waals surface area contributed by atoms with Crippen LogP contribution in [0.4, 0.5) is 13.2 Å². The highest BCUT2D eigenvalue weighted by atomic mass is 32.2. The molecule has 33 heavy (non-hydrogen) atoms. The lowest BCUT2D eigenvalue weighted by Crippen LogP contribution is -2.56. The summed E-state index contributed by atoms with van der Waals surface area (Å²) in [5.74, 6) is -5.88. The second-order valence-electron chi connectivity index (χ2n) is 8.23. The number of benzene rings is 1. The first-order valence-corrected chi connectivity index (χ1v) is 13.4. The summed E-state index contributed by atoms with van der Waals surface area (Å²) in [5, 5.41) is 12.9. The van der Waals surface area contributed by atoms with Crippen LogP contribution in [0.15, 0.2) is 24.3 Å². The van der Waals surface area contributed by atoms with E-state index in [1.54, 1.807) is 6.26 Å². The van der Waals surface area contributed by atoms with Gasteiger partial charge in [-0.05, 0) is 36.1 Å². The summed E-state index contributed by atoms with van der Waals surface area (Å²) < 4.78 is 63.0. The SMILES string of the molecule is CSCCC1(C(=O)O)NC(c2cccc(C(F)(F)F)c2)C2C(=O)N(CCS(C)(=O)=O)C(=O)C21. The molecule has 2 N–H and O–H groups in total. The molecule has 8 nitrogen and oxygen atoms in total. The summed E-state index contributed by atoms with van der Waals surface area (Å²) >= 11 is 1.32. The first-order chi connectivity index (χ1) is 15.2. The maximum atomic E-state index is 13.3. The summed E-state index contributed by atoms with van der Waals surface area (Å²) in [7, 11) is -3.54. The van der Waals surface area contributed by atoms with Crippen LogP contribution in [0.3, 0.4) is 0 Å². The molecule has 2 amide bonds. The molecule has 2 heterocycles. The zero-order chi connectivity index (χ0) is 24.8. The summed E-state index contributed by atoms with van der Waals surface area (Å²) in [6.07, 6.45) is -2.05. The van der Waals surface area contributed by atoms with Gasteiger partial charge in [-0.25, -0.2) is 8.42 Å². The number of imide groups is 1. The van der Waals surface area contributed by atoms with Crippen molar-refractivity contribution in [3.05, 3.63) is 35.4 Å². The zero-order valence-corrected chi connectivity index (χ0v) is 19.4. The predicted octanol–water partition coefficient (Wildman–Crippen LogP) is 1.57. The molecule has 13 heteroatoms. The zero-order valence-electron chi connectivity index (χ0n) is 17.8. The lowest BCUT2D eigenvalue weighted by Gasteiger charge is -2.31. The second-order valence-corrected chi connectivity index (χ2v) is 11.5. The largest absolute Gasteiger partial charge is 0.480 e. The molecule has 0 radical (unpaired) electrons. The van der Waals surface area contributed by atoms with Crippen LogP contribution < -0.4 is 5.32 Å². The number of aliphatic carboxylic acids is 1. The molecule has 0 saturated carbocycles. The third-order valence-corrected chi connectivity index (χ3v) is 7.62. The van der Waals surface area contributed by atoms with Crippen LogP contribution in [0.5, 0.6) is 0 Å². The molecule has 182 valence electrons. The number of nitrogens with one attached hydrogen (secondary N) is 1. The lowest BCUT2D eigenvalue weighted by atomic mass is 9.78. The van der Waals surface area contributed by atoms with Gasteiger partial charge in [0.05, 0.1) is 23.2 Å². The molecule has 0 aliphatic carbocycles. The highest BCUT2D eigenvalue weighted by Gasteiger charge is 2.68. The quantitative estimate of drug-likeness (QED) is 0.508. The topological polar surface area (TPSA) is 121 Å². The molecule has 0 aromatic heterocycles. The molecular formula is C20H23F3N2O6S2. The number of thioether (sulfide) groups is 1. The van der Waals surface area contributed by atoms with Crippen molar-refractivity contribution in [1.29, 1.82) is 0 Å². The molecule has 1 aromatic carbocycles. The average Bonchev–Trinajstić information content (AvgIpc) is 3.18. The van der Waals surface area contributed by atoms with Gasteiger partial charge in [0.2, 0.25) is 11.8 Å². The van der Waals surface area contributed by atoms with Gasteiger partial charge in [0, 0.05) is 18.8 Å². The van der Waals surface area contributed by atoms with E-state index in [2.05, 4.69) is 5.32 Å². The number of carboxylic acid groups (broad SMARTS) is 1. The minimum absolute atomic E-state index is 0.0261. The molecule has 4 atom stereocenters. The fourth-order valence-corrected chi connectivity index (χ4v) is 5.57. The molecule has 0 spiro atoms. The maximum Gasteiger partial charge on any atom is 0.416 e. The van der Waals surface area contributed by atoms with Gasteiger partial charge >= 0.3 is 12.1 Å². The summed E-state index contributed by atoms with van der Waals surface area (Å²) in [6.45, 7) is -0.447. The van der Waals surface area contributed by atoms with E-state index in [1.165, 1.54) is 17.8 Å². The van der Waals surface area contributed by atoms with Gasteiger partial charge in [0.15, 0.2) is 0 Å². The number of carboxylic acids is 1. The standard InChI is InChI=1S/C20H23F3N2O6S2/c1-32-8-6-19(18(28)29)14-13(16(26)25(17(14)27)7-9-33(2,30)31)15(24-19)11-4-3-5-12(10-11)20(21,22)23/h3-5,10,13-15,24H,6-9H2,1-2H3,(H,28,29). The van der Waals surface area contributed by atoms with Gasteiger partial charge < -0.3 is 5.11 Å². The van der Waals surface area contributed by atoms with Crippen molar-refractivity contribution in [1.82, 2.24) is 10.2 Å². The number of hydrogen-bond acceptors (Lipinski definition) is 7. The number of sulfone groups is 1. The van der Waals surface area contributed by atoms with Gasteiger partial charge in [-0.2, -0.15) is 24.9 Å². The van der Waals surface area contributed by atoms with Crippen molar-refractivity contribution in [3.8, 4) is 0 Å². The van der Waals surface area contributed by atoms with E-state index in [1.807, 2.05) is 0 Å². The molecule has 1 aromatic rings. The summed E-state index contributed by atoms with van der Waals surface area (Å²) in [4.78, 5) is 39.6. The summed E-state index contributed by atoms with van der Waals surface area (Å²) in [6, 6.07) is 3.01. The fraction of sp³-hybridized carbons (Fsp3) is 0.550. The average molecular weight is 509 g/mol. The fourth-order valence-electron chi connectivity index (χ4n) is 4.53. The number of rotatable bonds is 8. The van der Waals surface area contributed by atoms with Gasteiger partial charge in [0.25, 0.3) is 0 Å². The number of likely N-dealkylation sites (tertiary alicyclic amines) is 1. The van der Waals surface area contributed by atoms with E-state index >= 15 is 0 Å². The third kappa shape index (κ3) is 4.76. The lowest BCUT2D eigenvalue weighted by molar-refractivity contribution is -0.151. The predicted molar refractivity (Wildman–Crippen MR) is 114 cm³/mol. The number of hydrogen-bond donors (Lipinski definition) is 2. The van der Waals surface area contributed by atoms with Crippen molar-refractivity contribution < 1.29 is 41.1 Å². The van der Waals surface area contributed by atoms with Crippen LogP contribution in [0, 0.1) is 11.8 Å². The Kier molecular flexibility index (Phi) is 6.89. The van der Waals surface area contributed by atoms with Gasteiger partial charge in [-0.1, -0.05) is 12.1 Å². The van der Waals surface area contributed by atoms with Crippen molar-refractivity contribution in [2.75, 3.05) is 30.6 Å². The minimum atomic E-state index is -4.66. The molecule has 3 rings (SSSR count). The first-order valence-electron chi connectivity index (χ1n) is 9.93. The number of carbonyl (C=O) groups is 3. The first kappa shape index (κ1) is 25.5. The normalized spacial score (nSPS) is 27.8. The van der Waals surface area contributed by atoms with E-state index in [0.717, 1.165) is 29.4 Å². The van der Waals surface area contributed by atoms with Crippen molar-refractivity contribution >= 4 is 39.4 Å². The number of halogens is 3. The molecule has 2 aliphatic heterocycles. The Hall–Kier alpha value is -2.12. The Labute approximate surface area is 192 Å². The Bertz CT molecular complexity index is 1080. The number of carbonyl (C=O) groups excluding carboxylic acids is 2. The number of fused-ring (bicyclic) bond motifs is 1. The Morgan fingerprint density at radius 1 is 1.27 bits per heavy atom. The molecule has 2 fully saturated rings. The van der Waals surface area contributed by atoms with Gasteiger partial charge in [-0.15, -0.1) is 0 Å². The molecule has 4 unspecified atom stereocenters. The number of nitrogens with zero attached hydrogens (tertiary/aromatic N) is 1. The van der Waals surface area contributed by atoms with E-state index in [4.69, 9.17) is 0 Å². The van der Waals surface area contributed by atoms with Gasteiger partial charge in [0.1, 0.15) is 15.4 Å². The number of amides is 2. The van der Waals surface area contributed by atoms with E-state index < -0.39 is 75.1 Å². The van der Waals surface area contributed by atoms with E-state index in [-0.39, 0.29) is 12.0 Å².